The van der Waals surface area contributed by atoms with Gasteiger partial charge in [0.15, 0.2) is 5.78 Å². The van der Waals surface area contributed by atoms with Crippen molar-refractivity contribution in [3.05, 3.63) is 34.3 Å². The number of benzene rings is 1. The third-order valence-corrected chi connectivity index (χ3v) is 4.40. The van der Waals surface area contributed by atoms with Crippen LogP contribution in [0.2, 0.25) is 5.02 Å². The van der Waals surface area contributed by atoms with Gasteiger partial charge in [-0.3, -0.25) is 9.36 Å². The van der Waals surface area contributed by atoms with Gasteiger partial charge in [0.2, 0.25) is 0 Å². The second-order valence-electron chi connectivity index (χ2n) is 3.52. The number of hydrogen-bond acceptors (Lipinski definition) is 4. The smallest absolute Gasteiger partial charge is 0.312 e. The first-order chi connectivity index (χ1) is 7.91. The zero-order chi connectivity index (χ0) is 13.1. The van der Waals surface area contributed by atoms with Crippen molar-refractivity contribution in [2.75, 3.05) is 20.4 Å². The largest absolute Gasteiger partial charge is 0.337 e. The minimum Gasteiger partial charge on any atom is -0.312 e. The number of ketones is 1. The number of halogens is 1. The Morgan fingerprint density at radius 2 is 1.94 bits per heavy atom. The van der Waals surface area contributed by atoms with E-state index in [0.29, 0.717) is 10.6 Å². The Morgan fingerprint density at radius 1 is 1.35 bits per heavy atom. The molecule has 0 aromatic heterocycles. The Balaban J connectivity index is 2.94. The summed E-state index contributed by atoms with van der Waals surface area (Å²) in [6.07, 6.45) is -0.275. The lowest BCUT2D eigenvalue weighted by Gasteiger charge is -2.13. The highest BCUT2D eigenvalue weighted by atomic mass is 35.5. The number of rotatable bonds is 5. The van der Waals surface area contributed by atoms with Gasteiger partial charge >= 0.3 is 7.60 Å². The van der Waals surface area contributed by atoms with Crippen molar-refractivity contribution < 1.29 is 18.4 Å². The van der Waals surface area contributed by atoms with Crippen LogP contribution < -0.4 is 0 Å². The van der Waals surface area contributed by atoms with Crippen LogP contribution in [0.15, 0.2) is 18.2 Å². The molecule has 0 bridgehead atoms. The maximum Gasteiger partial charge on any atom is 0.337 e. The Morgan fingerprint density at radius 3 is 2.41 bits per heavy atom. The molecule has 0 aliphatic carbocycles. The highest BCUT2D eigenvalue weighted by molar-refractivity contribution is 7.54. The van der Waals surface area contributed by atoms with Crippen LogP contribution in [-0.2, 0) is 13.6 Å². The second-order valence-corrected chi connectivity index (χ2v) is 6.22. The molecule has 1 aromatic carbocycles. The number of carbonyl (C=O) groups is 1. The topological polar surface area (TPSA) is 52.6 Å². The van der Waals surface area contributed by atoms with E-state index < -0.39 is 7.60 Å². The van der Waals surface area contributed by atoms with Gasteiger partial charge in [-0.05, 0) is 30.7 Å². The summed E-state index contributed by atoms with van der Waals surface area (Å²) >= 11 is 5.79. The van der Waals surface area contributed by atoms with Gasteiger partial charge in [0.05, 0.1) is 0 Å². The molecule has 0 aliphatic heterocycles. The van der Waals surface area contributed by atoms with Crippen LogP contribution >= 0.6 is 19.2 Å². The van der Waals surface area contributed by atoms with Crippen molar-refractivity contribution in [2.24, 2.45) is 0 Å². The standard InChI is InChI=1S/C11H14ClO4P/c1-8-6-9(12)4-5-10(8)11(13)7-17(14,15-2)16-3/h4-6H,7H2,1-3H3. The maximum absolute atomic E-state index is 11.9. The van der Waals surface area contributed by atoms with Crippen molar-refractivity contribution in [1.82, 2.24) is 0 Å². The van der Waals surface area contributed by atoms with Crippen LogP contribution in [0.1, 0.15) is 15.9 Å². The molecule has 94 valence electrons. The quantitative estimate of drug-likeness (QED) is 0.611. The molecule has 0 heterocycles. The average molecular weight is 277 g/mol. The first kappa shape index (κ1) is 14.4. The SMILES string of the molecule is COP(=O)(CC(=O)c1ccc(Cl)cc1C)OC. The van der Waals surface area contributed by atoms with Crippen molar-refractivity contribution in [3.63, 3.8) is 0 Å². The highest BCUT2D eigenvalue weighted by Crippen LogP contribution is 2.46. The van der Waals surface area contributed by atoms with Crippen LogP contribution in [0.3, 0.4) is 0 Å². The minimum atomic E-state index is -3.32. The highest BCUT2D eigenvalue weighted by Gasteiger charge is 2.26. The Hall–Kier alpha value is -0.670. The molecule has 0 radical (unpaired) electrons. The summed E-state index contributed by atoms with van der Waals surface area (Å²) in [4.78, 5) is 11.9. The summed E-state index contributed by atoms with van der Waals surface area (Å²) in [7, 11) is -0.805. The normalized spacial score (nSPS) is 11.5. The van der Waals surface area contributed by atoms with Crippen LogP contribution in [0.25, 0.3) is 0 Å². The third kappa shape index (κ3) is 3.65. The summed E-state index contributed by atoms with van der Waals surface area (Å²) in [5, 5.41) is 0.556. The molecule has 6 heteroatoms. The first-order valence-corrected chi connectivity index (χ1v) is 7.02. The fourth-order valence-electron chi connectivity index (χ4n) is 1.40. The average Bonchev–Trinajstić information content (AvgIpc) is 2.28. The molecule has 0 saturated carbocycles. The van der Waals surface area contributed by atoms with Crippen molar-refractivity contribution >= 4 is 25.0 Å². The molecular formula is C11H14ClO4P. The van der Waals surface area contributed by atoms with Gasteiger partial charge in [-0.1, -0.05) is 11.6 Å². The molecule has 1 aromatic rings. The van der Waals surface area contributed by atoms with E-state index in [1.807, 2.05) is 0 Å². The van der Waals surface area contributed by atoms with Crippen molar-refractivity contribution in [2.45, 2.75) is 6.92 Å². The van der Waals surface area contributed by atoms with Gasteiger partial charge in [0.1, 0.15) is 6.16 Å². The Labute approximate surface area is 105 Å². The van der Waals surface area contributed by atoms with E-state index in [1.165, 1.54) is 14.2 Å². The Bertz CT molecular complexity index is 465. The number of carbonyl (C=O) groups excluding carboxylic acids is 1. The van der Waals surface area contributed by atoms with Crippen LogP contribution in [0.4, 0.5) is 0 Å². The number of hydrogen-bond donors (Lipinski definition) is 0. The van der Waals surface area contributed by atoms with Gasteiger partial charge in [0.25, 0.3) is 0 Å². The van der Waals surface area contributed by atoms with Gasteiger partial charge in [0, 0.05) is 24.8 Å². The Kier molecular flexibility index (Phi) is 4.90. The van der Waals surface area contributed by atoms with E-state index in [0.717, 1.165) is 5.56 Å². The molecule has 4 nitrogen and oxygen atoms in total. The van der Waals surface area contributed by atoms with E-state index in [4.69, 9.17) is 20.6 Å². The van der Waals surface area contributed by atoms with Gasteiger partial charge in [-0.25, -0.2) is 0 Å². The lowest BCUT2D eigenvalue weighted by Crippen LogP contribution is -2.09. The molecule has 17 heavy (non-hydrogen) atoms. The van der Waals surface area contributed by atoms with E-state index in [2.05, 4.69) is 0 Å². The molecule has 0 saturated heterocycles. The lowest BCUT2D eigenvalue weighted by molar-refractivity contribution is 0.101. The monoisotopic (exact) mass is 276 g/mol. The van der Waals surface area contributed by atoms with Crippen molar-refractivity contribution in [3.8, 4) is 0 Å². The molecule has 1 rings (SSSR count). The zero-order valence-corrected chi connectivity index (χ0v) is 11.5. The van der Waals surface area contributed by atoms with Crippen LogP contribution in [-0.4, -0.2) is 26.2 Å². The van der Waals surface area contributed by atoms with Gasteiger partial charge < -0.3 is 9.05 Å². The molecule has 0 amide bonds. The summed E-state index contributed by atoms with van der Waals surface area (Å²) in [5.74, 6) is -0.286. The molecule has 0 N–H and O–H groups in total. The fourth-order valence-corrected chi connectivity index (χ4v) is 2.56. The zero-order valence-electron chi connectivity index (χ0n) is 9.90. The lowest BCUT2D eigenvalue weighted by atomic mass is 10.1. The molecule has 0 spiro atoms. The van der Waals surface area contributed by atoms with Crippen molar-refractivity contribution in [1.29, 1.82) is 0 Å². The fraction of sp³-hybridized carbons (Fsp3) is 0.364. The van der Waals surface area contributed by atoms with Crippen LogP contribution in [0.5, 0.6) is 0 Å². The summed E-state index contributed by atoms with van der Waals surface area (Å²) in [5.41, 5.74) is 1.21. The summed E-state index contributed by atoms with van der Waals surface area (Å²) in [6, 6.07) is 4.90. The third-order valence-electron chi connectivity index (χ3n) is 2.38. The maximum atomic E-state index is 11.9. The second kappa shape index (κ2) is 5.78. The summed E-state index contributed by atoms with van der Waals surface area (Å²) in [6.45, 7) is 1.77. The first-order valence-electron chi connectivity index (χ1n) is 4.92. The van der Waals surface area contributed by atoms with E-state index >= 15 is 0 Å². The molecular weight excluding hydrogens is 263 g/mol. The van der Waals surface area contributed by atoms with Gasteiger partial charge in [-0.15, -0.1) is 0 Å². The molecule has 0 unspecified atom stereocenters. The van der Waals surface area contributed by atoms with Crippen LogP contribution in [0, 0.1) is 6.92 Å². The number of Topliss-reactive ketones (excluding diaryl/α,β-unsaturated/α-hetero) is 1. The predicted molar refractivity (Wildman–Crippen MR) is 67.0 cm³/mol. The van der Waals surface area contributed by atoms with E-state index in [9.17, 15) is 9.36 Å². The van der Waals surface area contributed by atoms with E-state index in [-0.39, 0.29) is 11.9 Å². The van der Waals surface area contributed by atoms with E-state index in [1.54, 1.807) is 25.1 Å². The molecule has 0 atom stereocenters. The summed E-state index contributed by atoms with van der Waals surface area (Å²) < 4.78 is 21.3. The molecule has 0 fully saturated rings. The molecule has 0 aliphatic rings. The van der Waals surface area contributed by atoms with Gasteiger partial charge in [-0.2, -0.15) is 0 Å². The predicted octanol–water partition coefficient (Wildman–Crippen LogP) is 3.32. The number of aryl methyl sites for hydroxylation is 1. The minimum absolute atomic E-state index is 0.275.